The van der Waals surface area contributed by atoms with Gasteiger partial charge in [0.2, 0.25) is 5.91 Å². The molecule has 1 aromatic heterocycles. The summed E-state index contributed by atoms with van der Waals surface area (Å²) in [7, 11) is 0. The molecule has 0 bridgehead atoms. The number of thiazole rings is 1. The summed E-state index contributed by atoms with van der Waals surface area (Å²) in [5.74, 6) is 0.668. The minimum atomic E-state index is -0.144. The maximum absolute atomic E-state index is 12.0. The first kappa shape index (κ1) is 17.2. The highest BCUT2D eigenvalue weighted by Gasteiger charge is 2.03. The van der Waals surface area contributed by atoms with Crippen LogP contribution in [0.15, 0.2) is 54.6 Å². The van der Waals surface area contributed by atoms with E-state index in [4.69, 9.17) is 4.74 Å². The Kier molecular flexibility index (Phi) is 5.46. The number of aromatic nitrogens is 1. The van der Waals surface area contributed by atoms with Crippen molar-refractivity contribution in [2.75, 3.05) is 0 Å². The van der Waals surface area contributed by atoms with Crippen molar-refractivity contribution in [2.45, 2.75) is 26.5 Å². The summed E-state index contributed by atoms with van der Waals surface area (Å²) in [5.41, 5.74) is 1.95. The Bertz CT molecular complexity index is 866. The predicted octanol–water partition coefficient (Wildman–Crippen LogP) is 4.41. The van der Waals surface area contributed by atoms with Crippen LogP contribution >= 0.6 is 11.3 Å². The van der Waals surface area contributed by atoms with E-state index < -0.39 is 0 Å². The van der Waals surface area contributed by atoms with Crippen LogP contribution in [0, 0.1) is 0 Å². The van der Waals surface area contributed by atoms with Gasteiger partial charge in [-0.3, -0.25) is 4.79 Å². The number of carbonyl (C=O) groups excluding carboxylic acids is 1. The molecule has 1 amide bonds. The van der Waals surface area contributed by atoms with Crippen LogP contribution in [-0.4, -0.2) is 17.0 Å². The van der Waals surface area contributed by atoms with E-state index in [2.05, 4.69) is 10.3 Å². The molecule has 128 valence electrons. The molecule has 0 fully saturated rings. The van der Waals surface area contributed by atoms with Crippen molar-refractivity contribution >= 4 is 33.5 Å². The van der Waals surface area contributed by atoms with Gasteiger partial charge in [0, 0.05) is 12.6 Å². The number of hydrogen-bond acceptors (Lipinski definition) is 4. The summed E-state index contributed by atoms with van der Waals surface area (Å²) in [6.45, 7) is 4.43. The van der Waals surface area contributed by atoms with Crippen molar-refractivity contribution in [1.82, 2.24) is 10.3 Å². The zero-order chi connectivity index (χ0) is 17.6. The Labute approximate surface area is 151 Å². The van der Waals surface area contributed by atoms with Gasteiger partial charge < -0.3 is 10.1 Å². The molecule has 2 aromatic carbocycles. The molecule has 0 radical (unpaired) electrons. The summed E-state index contributed by atoms with van der Waals surface area (Å²) in [6, 6.07) is 15.7. The van der Waals surface area contributed by atoms with Crippen LogP contribution in [0.25, 0.3) is 16.3 Å². The number of carbonyl (C=O) groups is 1. The van der Waals surface area contributed by atoms with Crippen LogP contribution in [0.5, 0.6) is 5.75 Å². The number of hydrogen-bond donors (Lipinski definition) is 1. The molecule has 0 saturated carbocycles. The van der Waals surface area contributed by atoms with E-state index in [1.807, 2.05) is 62.4 Å². The van der Waals surface area contributed by atoms with Crippen molar-refractivity contribution in [3.8, 4) is 5.75 Å². The van der Waals surface area contributed by atoms with Crippen LogP contribution in [0.3, 0.4) is 0 Å². The van der Waals surface area contributed by atoms with E-state index >= 15 is 0 Å². The van der Waals surface area contributed by atoms with Gasteiger partial charge in [-0.2, -0.15) is 0 Å². The third-order valence-corrected chi connectivity index (χ3v) is 4.43. The number of amides is 1. The molecule has 0 spiro atoms. The molecular weight excluding hydrogens is 332 g/mol. The average Bonchev–Trinajstić information content (AvgIpc) is 3.01. The van der Waals surface area contributed by atoms with Gasteiger partial charge in [0.15, 0.2) is 0 Å². The minimum absolute atomic E-state index is 0.126. The van der Waals surface area contributed by atoms with E-state index in [-0.39, 0.29) is 12.0 Å². The smallest absolute Gasteiger partial charge is 0.244 e. The Morgan fingerprint density at radius 1 is 1.24 bits per heavy atom. The Balaban J connectivity index is 1.57. The predicted molar refractivity (Wildman–Crippen MR) is 103 cm³/mol. The van der Waals surface area contributed by atoms with Crippen LogP contribution < -0.4 is 10.1 Å². The third kappa shape index (κ3) is 4.90. The minimum Gasteiger partial charge on any atom is -0.491 e. The highest BCUT2D eigenvalue weighted by atomic mass is 32.1. The number of para-hydroxylation sites is 1. The lowest BCUT2D eigenvalue weighted by Gasteiger charge is -2.11. The van der Waals surface area contributed by atoms with Gasteiger partial charge >= 0.3 is 0 Å². The second-order valence-corrected chi connectivity index (χ2v) is 6.95. The van der Waals surface area contributed by atoms with E-state index in [0.717, 1.165) is 26.5 Å². The molecule has 1 N–H and O–H groups in total. The molecule has 1 heterocycles. The maximum Gasteiger partial charge on any atom is 0.244 e. The van der Waals surface area contributed by atoms with Gasteiger partial charge in [-0.05, 0) is 49.8 Å². The normalized spacial score (nSPS) is 11.3. The van der Waals surface area contributed by atoms with Gasteiger partial charge in [0.25, 0.3) is 0 Å². The molecule has 3 rings (SSSR count). The van der Waals surface area contributed by atoms with E-state index in [1.54, 1.807) is 17.4 Å². The number of benzene rings is 2. The van der Waals surface area contributed by atoms with Crippen molar-refractivity contribution < 1.29 is 9.53 Å². The first-order valence-electron chi connectivity index (χ1n) is 8.17. The monoisotopic (exact) mass is 352 g/mol. The number of fused-ring (bicyclic) bond motifs is 1. The third-order valence-electron chi connectivity index (χ3n) is 3.42. The highest BCUT2D eigenvalue weighted by Crippen LogP contribution is 2.22. The molecular formula is C20H20N2O2S. The molecule has 0 aliphatic rings. The molecule has 25 heavy (non-hydrogen) atoms. The van der Waals surface area contributed by atoms with E-state index in [9.17, 15) is 4.79 Å². The summed E-state index contributed by atoms with van der Waals surface area (Å²) >= 11 is 1.57. The quantitative estimate of drug-likeness (QED) is 0.669. The zero-order valence-electron chi connectivity index (χ0n) is 14.2. The van der Waals surface area contributed by atoms with E-state index in [1.165, 1.54) is 6.08 Å². The first-order valence-corrected chi connectivity index (χ1v) is 8.99. The van der Waals surface area contributed by atoms with Crippen molar-refractivity contribution in [3.05, 3.63) is 65.2 Å². The van der Waals surface area contributed by atoms with Crippen LogP contribution in [0.2, 0.25) is 0 Å². The SMILES string of the molecule is CC(C)Oc1cccc(CNC(=O)/C=C/c2nc3ccccc3s2)c1. The summed E-state index contributed by atoms with van der Waals surface area (Å²) in [4.78, 5) is 16.5. The lowest BCUT2D eigenvalue weighted by molar-refractivity contribution is -0.116. The average molecular weight is 352 g/mol. The Morgan fingerprint density at radius 2 is 2.08 bits per heavy atom. The van der Waals surface area contributed by atoms with Crippen LogP contribution in [0.4, 0.5) is 0 Å². The number of ether oxygens (including phenoxy) is 1. The summed E-state index contributed by atoms with van der Waals surface area (Å²) in [6.07, 6.45) is 3.39. The second-order valence-electron chi connectivity index (χ2n) is 5.88. The largest absolute Gasteiger partial charge is 0.491 e. The molecule has 0 saturated heterocycles. The van der Waals surface area contributed by atoms with Crippen molar-refractivity contribution in [3.63, 3.8) is 0 Å². The molecule has 4 nitrogen and oxygen atoms in total. The number of rotatable bonds is 6. The molecule has 0 aliphatic carbocycles. The maximum atomic E-state index is 12.0. The fourth-order valence-electron chi connectivity index (χ4n) is 2.36. The Morgan fingerprint density at radius 3 is 2.88 bits per heavy atom. The van der Waals surface area contributed by atoms with Gasteiger partial charge in [-0.15, -0.1) is 11.3 Å². The molecule has 0 atom stereocenters. The van der Waals surface area contributed by atoms with Crippen LogP contribution in [0.1, 0.15) is 24.4 Å². The summed E-state index contributed by atoms with van der Waals surface area (Å²) in [5, 5.41) is 3.70. The van der Waals surface area contributed by atoms with Gasteiger partial charge in [-0.25, -0.2) is 4.98 Å². The molecule has 5 heteroatoms. The number of nitrogens with zero attached hydrogens (tertiary/aromatic N) is 1. The van der Waals surface area contributed by atoms with Gasteiger partial charge in [0.1, 0.15) is 10.8 Å². The fraction of sp³-hybridized carbons (Fsp3) is 0.200. The summed E-state index contributed by atoms with van der Waals surface area (Å²) < 4.78 is 6.78. The topological polar surface area (TPSA) is 51.2 Å². The molecule has 3 aromatic rings. The van der Waals surface area contributed by atoms with Gasteiger partial charge in [0.05, 0.1) is 16.3 Å². The second kappa shape index (κ2) is 7.94. The highest BCUT2D eigenvalue weighted by molar-refractivity contribution is 7.19. The standard InChI is InChI=1S/C20H20N2O2S/c1-14(2)24-16-7-5-6-15(12-16)13-21-19(23)10-11-20-22-17-8-3-4-9-18(17)25-20/h3-12,14H,13H2,1-2H3,(H,21,23)/b11-10+. The van der Waals surface area contributed by atoms with Gasteiger partial charge in [-0.1, -0.05) is 24.3 Å². The Hall–Kier alpha value is -2.66. The lowest BCUT2D eigenvalue weighted by atomic mass is 10.2. The zero-order valence-corrected chi connectivity index (χ0v) is 15.0. The lowest BCUT2D eigenvalue weighted by Crippen LogP contribution is -2.20. The fourth-order valence-corrected chi connectivity index (χ4v) is 3.23. The molecule has 0 aliphatic heterocycles. The van der Waals surface area contributed by atoms with Crippen LogP contribution in [-0.2, 0) is 11.3 Å². The first-order chi connectivity index (χ1) is 12.1. The van der Waals surface area contributed by atoms with E-state index in [0.29, 0.717) is 6.54 Å². The molecule has 0 unspecified atom stereocenters. The number of nitrogens with one attached hydrogen (secondary N) is 1. The van der Waals surface area contributed by atoms with Crippen molar-refractivity contribution in [1.29, 1.82) is 0 Å². The van der Waals surface area contributed by atoms with Crippen molar-refractivity contribution in [2.24, 2.45) is 0 Å².